The van der Waals surface area contributed by atoms with Crippen molar-refractivity contribution in [2.45, 2.75) is 12.7 Å². The van der Waals surface area contributed by atoms with Gasteiger partial charge in [-0.25, -0.2) is 9.48 Å². The number of rotatable bonds is 4. The van der Waals surface area contributed by atoms with Crippen molar-refractivity contribution in [3.8, 4) is 0 Å². The first kappa shape index (κ1) is 15.5. The first-order chi connectivity index (χ1) is 10.3. The molecule has 116 valence electrons. The summed E-state index contributed by atoms with van der Waals surface area (Å²) in [5.41, 5.74) is 0.165. The fraction of sp³-hybridized carbons (Fsp3) is 0.154. The number of amides is 1. The number of alkyl halides is 3. The molecule has 0 unspecified atom stereocenters. The average molecular weight is 313 g/mol. The summed E-state index contributed by atoms with van der Waals surface area (Å²) in [5, 5.41) is 14.3. The van der Waals surface area contributed by atoms with Gasteiger partial charge in [0.15, 0.2) is 0 Å². The minimum Gasteiger partial charge on any atom is -0.477 e. The highest BCUT2D eigenvalue weighted by atomic mass is 19.4. The van der Waals surface area contributed by atoms with Crippen LogP contribution in [0.1, 0.15) is 15.9 Å². The number of hydrogen-bond donors (Lipinski definition) is 2. The third kappa shape index (κ3) is 3.43. The summed E-state index contributed by atoms with van der Waals surface area (Å²) in [6, 6.07) is 8.56. The molecule has 0 radical (unpaired) electrons. The zero-order valence-electron chi connectivity index (χ0n) is 11.0. The standard InChI is InChI=1S/C13H10F3N3O3/c14-13(15,16)12(22)18-10-9(11(20)21)6-17-19(10)7-8-4-2-1-3-5-8/h1-6H,7H2,(H,18,22)(H,20,21). The highest BCUT2D eigenvalue weighted by Crippen LogP contribution is 2.22. The zero-order valence-corrected chi connectivity index (χ0v) is 11.0. The van der Waals surface area contributed by atoms with Crippen LogP contribution in [0.3, 0.4) is 0 Å². The van der Waals surface area contributed by atoms with E-state index in [1.54, 1.807) is 35.6 Å². The number of hydrogen-bond acceptors (Lipinski definition) is 3. The zero-order chi connectivity index (χ0) is 16.3. The number of halogens is 3. The van der Waals surface area contributed by atoms with Crippen LogP contribution in [0, 0.1) is 0 Å². The van der Waals surface area contributed by atoms with Crippen molar-refractivity contribution >= 4 is 17.7 Å². The van der Waals surface area contributed by atoms with Gasteiger partial charge >= 0.3 is 18.1 Å². The van der Waals surface area contributed by atoms with Gasteiger partial charge in [-0.2, -0.15) is 18.3 Å². The molecular weight excluding hydrogens is 303 g/mol. The number of aromatic carboxylic acids is 1. The molecule has 1 heterocycles. The number of anilines is 1. The second-order valence-corrected chi connectivity index (χ2v) is 4.31. The van der Waals surface area contributed by atoms with E-state index in [1.807, 2.05) is 0 Å². The van der Waals surface area contributed by atoms with Crippen LogP contribution in [0.2, 0.25) is 0 Å². The molecule has 0 bridgehead atoms. The van der Waals surface area contributed by atoms with Gasteiger partial charge in [-0.1, -0.05) is 30.3 Å². The van der Waals surface area contributed by atoms with Gasteiger partial charge in [-0.05, 0) is 5.56 Å². The Hall–Kier alpha value is -2.84. The Kier molecular flexibility index (Phi) is 4.15. The van der Waals surface area contributed by atoms with E-state index in [9.17, 15) is 22.8 Å². The molecular formula is C13H10F3N3O3. The topological polar surface area (TPSA) is 84.2 Å². The van der Waals surface area contributed by atoms with Crippen LogP contribution in [0.5, 0.6) is 0 Å². The van der Waals surface area contributed by atoms with Gasteiger partial charge in [0.2, 0.25) is 0 Å². The first-order valence-electron chi connectivity index (χ1n) is 6.00. The van der Waals surface area contributed by atoms with Crippen molar-refractivity contribution in [3.63, 3.8) is 0 Å². The summed E-state index contributed by atoms with van der Waals surface area (Å²) in [5.74, 6) is -4.26. The maximum Gasteiger partial charge on any atom is 0.471 e. The number of carbonyl (C=O) groups excluding carboxylic acids is 1. The highest BCUT2D eigenvalue weighted by Gasteiger charge is 2.40. The minimum atomic E-state index is -5.13. The fourth-order valence-corrected chi connectivity index (χ4v) is 1.73. The molecule has 0 spiro atoms. The van der Waals surface area contributed by atoms with E-state index in [0.717, 1.165) is 10.9 Å². The molecule has 2 rings (SSSR count). The van der Waals surface area contributed by atoms with E-state index in [2.05, 4.69) is 5.10 Å². The normalized spacial score (nSPS) is 11.2. The van der Waals surface area contributed by atoms with Crippen molar-refractivity contribution in [3.05, 3.63) is 47.7 Å². The Morgan fingerprint density at radius 2 is 1.86 bits per heavy atom. The Labute approximate surface area is 122 Å². The monoisotopic (exact) mass is 313 g/mol. The molecule has 0 saturated carbocycles. The van der Waals surface area contributed by atoms with Gasteiger partial charge in [-0.15, -0.1) is 0 Å². The molecule has 0 aliphatic heterocycles. The number of carboxylic acid groups (broad SMARTS) is 1. The maximum atomic E-state index is 12.3. The smallest absolute Gasteiger partial charge is 0.471 e. The van der Waals surface area contributed by atoms with Crippen molar-refractivity contribution in [2.24, 2.45) is 0 Å². The molecule has 22 heavy (non-hydrogen) atoms. The Morgan fingerprint density at radius 3 is 2.41 bits per heavy atom. The van der Waals surface area contributed by atoms with Crippen molar-refractivity contribution in [1.29, 1.82) is 0 Å². The third-order valence-corrected chi connectivity index (χ3v) is 2.73. The van der Waals surface area contributed by atoms with Crippen molar-refractivity contribution in [1.82, 2.24) is 9.78 Å². The summed E-state index contributed by atoms with van der Waals surface area (Å²) in [6.07, 6.45) is -4.24. The van der Waals surface area contributed by atoms with Crippen LogP contribution in [0.15, 0.2) is 36.5 Å². The van der Waals surface area contributed by atoms with Gasteiger partial charge < -0.3 is 10.4 Å². The Balaban J connectivity index is 2.35. The van der Waals surface area contributed by atoms with E-state index in [1.165, 1.54) is 0 Å². The summed E-state index contributed by atoms with van der Waals surface area (Å²) in [4.78, 5) is 22.1. The van der Waals surface area contributed by atoms with E-state index in [4.69, 9.17) is 5.11 Å². The summed E-state index contributed by atoms with van der Waals surface area (Å²) < 4.78 is 38.0. The van der Waals surface area contributed by atoms with Crippen LogP contribution in [-0.2, 0) is 11.3 Å². The summed E-state index contributed by atoms with van der Waals surface area (Å²) in [6.45, 7) is 0.0155. The maximum absolute atomic E-state index is 12.3. The van der Waals surface area contributed by atoms with Crippen LogP contribution in [0.4, 0.5) is 19.0 Å². The molecule has 6 nitrogen and oxygen atoms in total. The van der Waals surface area contributed by atoms with Gasteiger partial charge in [0.05, 0.1) is 12.7 Å². The second-order valence-electron chi connectivity index (χ2n) is 4.31. The number of aromatic nitrogens is 2. The van der Waals surface area contributed by atoms with E-state index in [-0.39, 0.29) is 6.54 Å². The van der Waals surface area contributed by atoms with Crippen molar-refractivity contribution in [2.75, 3.05) is 5.32 Å². The third-order valence-electron chi connectivity index (χ3n) is 2.73. The molecule has 0 atom stereocenters. The Morgan fingerprint density at radius 1 is 1.23 bits per heavy atom. The van der Waals surface area contributed by atoms with Gasteiger partial charge in [0, 0.05) is 0 Å². The number of benzene rings is 1. The summed E-state index contributed by atoms with van der Waals surface area (Å²) >= 11 is 0. The largest absolute Gasteiger partial charge is 0.477 e. The lowest BCUT2D eigenvalue weighted by atomic mass is 10.2. The van der Waals surface area contributed by atoms with E-state index in [0.29, 0.717) is 5.56 Å². The second kappa shape index (κ2) is 5.88. The first-order valence-corrected chi connectivity index (χ1v) is 6.00. The lowest BCUT2D eigenvalue weighted by molar-refractivity contribution is -0.167. The van der Waals surface area contributed by atoms with Crippen LogP contribution < -0.4 is 5.32 Å². The molecule has 1 aromatic carbocycles. The predicted molar refractivity (Wildman–Crippen MR) is 69.4 cm³/mol. The SMILES string of the molecule is O=C(O)c1cnn(Cc2ccccc2)c1NC(=O)C(F)(F)F. The van der Waals surface area contributed by atoms with E-state index < -0.39 is 29.4 Å². The average Bonchev–Trinajstić information content (AvgIpc) is 2.82. The Bertz CT molecular complexity index is 696. The highest BCUT2D eigenvalue weighted by molar-refractivity contribution is 6.01. The molecule has 1 amide bonds. The van der Waals surface area contributed by atoms with Gasteiger partial charge in [-0.3, -0.25) is 4.79 Å². The summed E-state index contributed by atoms with van der Waals surface area (Å²) in [7, 11) is 0. The fourth-order valence-electron chi connectivity index (χ4n) is 1.73. The number of carboxylic acids is 1. The molecule has 2 N–H and O–H groups in total. The predicted octanol–water partition coefficient (Wildman–Crippen LogP) is 2.13. The lowest BCUT2D eigenvalue weighted by Crippen LogP contribution is -2.31. The molecule has 0 saturated heterocycles. The number of nitrogens with one attached hydrogen (secondary N) is 1. The lowest BCUT2D eigenvalue weighted by Gasteiger charge is -2.11. The van der Waals surface area contributed by atoms with Crippen molar-refractivity contribution < 1.29 is 27.9 Å². The van der Waals surface area contributed by atoms with Crippen LogP contribution in [-0.4, -0.2) is 32.9 Å². The van der Waals surface area contributed by atoms with Crippen LogP contribution >= 0.6 is 0 Å². The number of carbonyl (C=O) groups is 2. The van der Waals surface area contributed by atoms with Gasteiger partial charge in [0.1, 0.15) is 11.4 Å². The molecule has 0 aliphatic rings. The molecule has 0 fully saturated rings. The van der Waals surface area contributed by atoms with E-state index >= 15 is 0 Å². The minimum absolute atomic E-state index is 0.0155. The quantitative estimate of drug-likeness (QED) is 0.905. The number of nitrogens with zero attached hydrogens (tertiary/aromatic N) is 2. The van der Waals surface area contributed by atoms with Gasteiger partial charge in [0.25, 0.3) is 0 Å². The molecule has 2 aromatic rings. The molecule has 9 heteroatoms. The molecule has 0 aliphatic carbocycles. The molecule has 1 aromatic heterocycles. The van der Waals surface area contributed by atoms with Crippen LogP contribution in [0.25, 0.3) is 0 Å².